The Balaban J connectivity index is 2.20. The second-order valence-electron chi connectivity index (χ2n) is 3.74. The van der Waals surface area contributed by atoms with Crippen LogP contribution in [0.1, 0.15) is 16.8 Å². The van der Waals surface area contributed by atoms with E-state index in [0.717, 1.165) is 0 Å². The van der Waals surface area contributed by atoms with E-state index in [9.17, 15) is 9.90 Å². The number of carbonyl (C=O) groups excluding carboxylic acids is 1. The van der Waals surface area contributed by atoms with Gasteiger partial charge in [0.05, 0.1) is 11.7 Å². The number of aromatic nitrogens is 1. The molecule has 1 atom stereocenters. The summed E-state index contributed by atoms with van der Waals surface area (Å²) < 4.78 is 0. The highest BCUT2D eigenvalue weighted by Crippen LogP contribution is 2.17. The quantitative estimate of drug-likeness (QED) is 0.466. The zero-order chi connectivity index (χ0) is 11.5. The largest absolute Gasteiger partial charge is 0.391 e. The number of nitrogens with zero attached hydrogens (tertiary/aromatic N) is 2. The Labute approximate surface area is 93.0 Å². The normalized spacial score (nSPS) is 19.9. The van der Waals surface area contributed by atoms with Crippen LogP contribution in [0.25, 0.3) is 0 Å². The molecule has 2 heterocycles. The van der Waals surface area contributed by atoms with Gasteiger partial charge in [0.15, 0.2) is 5.82 Å². The molecule has 0 spiro atoms. The molecule has 1 unspecified atom stereocenters. The monoisotopic (exact) mass is 222 g/mol. The molecule has 1 fully saturated rings. The topological polar surface area (TPSA) is 91.5 Å². The lowest BCUT2D eigenvalue weighted by molar-refractivity contribution is 0.0765. The summed E-state index contributed by atoms with van der Waals surface area (Å²) in [5.41, 5.74) is 2.82. The number of hydrazine groups is 1. The number of pyridine rings is 1. The summed E-state index contributed by atoms with van der Waals surface area (Å²) in [7, 11) is 0. The predicted octanol–water partition coefficient (Wildman–Crippen LogP) is -0.426. The van der Waals surface area contributed by atoms with Gasteiger partial charge in [-0.15, -0.1) is 0 Å². The number of nitrogen functional groups attached to an aromatic ring is 1. The minimum Gasteiger partial charge on any atom is -0.391 e. The van der Waals surface area contributed by atoms with Crippen molar-refractivity contribution in [3.63, 3.8) is 0 Å². The Morgan fingerprint density at radius 1 is 1.69 bits per heavy atom. The Bertz CT molecular complexity index is 396. The molecule has 1 aliphatic heterocycles. The van der Waals surface area contributed by atoms with Gasteiger partial charge in [-0.2, -0.15) is 0 Å². The van der Waals surface area contributed by atoms with Gasteiger partial charge in [0, 0.05) is 19.3 Å². The van der Waals surface area contributed by atoms with E-state index in [1.165, 1.54) is 0 Å². The van der Waals surface area contributed by atoms with Crippen LogP contribution in [0.3, 0.4) is 0 Å². The Morgan fingerprint density at radius 3 is 3.12 bits per heavy atom. The number of aliphatic hydroxyl groups is 1. The molecule has 1 aliphatic rings. The highest BCUT2D eigenvalue weighted by atomic mass is 16.3. The second-order valence-corrected chi connectivity index (χ2v) is 3.74. The van der Waals surface area contributed by atoms with Gasteiger partial charge in [0.25, 0.3) is 5.91 Å². The van der Waals surface area contributed by atoms with Crippen molar-refractivity contribution in [2.24, 2.45) is 5.84 Å². The van der Waals surface area contributed by atoms with Gasteiger partial charge in [0.2, 0.25) is 0 Å². The van der Waals surface area contributed by atoms with Gasteiger partial charge in [0.1, 0.15) is 0 Å². The van der Waals surface area contributed by atoms with E-state index in [4.69, 9.17) is 5.84 Å². The fourth-order valence-electron chi connectivity index (χ4n) is 1.79. The number of nitrogens with two attached hydrogens (primary N) is 1. The first-order valence-corrected chi connectivity index (χ1v) is 5.11. The van der Waals surface area contributed by atoms with Gasteiger partial charge in [-0.1, -0.05) is 0 Å². The molecule has 1 amide bonds. The predicted molar refractivity (Wildman–Crippen MR) is 58.6 cm³/mol. The van der Waals surface area contributed by atoms with Crippen molar-refractivity contribution in [3.8, 4) is 0 Å². The SMILES string of the molecule is NNc1ncccc1C(=O)N1CCC(O)C1. The van der Waals surface area contributed by atoms with Crippen molar-refractivity contribution in [3.05, 3.63) is 23.9 Å². The molecule has 0 aliphatic carbocycles. The van der Waals surface area contributed by atoms with Gasteiger partial charge in [-0.3, -0.25) is 4.79 Å². The van der Waals surface area contributed by atoms with Crippen molar-refractivity contribution >= 4 is 11.7 Å². The number of amides is 1. The van der Waals surface area contributed by atoms with Crippen LogP contribution in [0, 0.1) is 0 Å². The number of nitrogens with one attached hydrogen (secondary N) is 1. The number of aliphatic hydroxyl groups excluding tert-OH is 1. The van der Waals surface area contributed by atoms with Crippen LogP contribution in [0.2, 0.25) is 0 Å². The third kappa shape index (κ3) is 1.98. The third-order valence-corrected chi connectivity index (χ3v) is 2.63. The molecule has 6 nitrogen and oxygen atoms in total. The van der Waals surface area contributed by atoms with Crippen LogP contribution < -0.4 is 11.3 Å². The molecule has 16 heavy (non-hydrogen) atoms. The lowest BCUT2D eigenvalue weighted by atomic mass is 10.2. The smallest absolute Gasteiger partial charge is 0.257 e. The first kappa shape index (κ1) is 10.8. The molecule has 4 N–H and O–H groups in total. The fourth-order valence-corrected chi connectivity index (χ4v) is 1.79. The molecule has 0 saturated carbocycles. The maximum absolute atomic E-state index is 12.1. The number of likely N-dealkylation sites (tertiary alicyclic amines) is 1. The van der Waals surface area contributed by atoms with E-state index in [0.29, 0.717) is 30.9 Å². The summed E-state index contributed by atoms with van der Waals surface area (Å²) in [6, 6.07) is 3.34. The lowest BCUT2D eigenvalue weighted by Crippen LogP contribution is -2.30. The number of anilines is 1. The minimum atomic E-state index is -0.421. The zero-order valence-corrected chi connectivity index (χ0v) is 8.76. The number of carbonyl (C=O) groups is 1. The minimum absolute atomic E-state index is 0.155. The summed E-state index contributed by atoms with van der Waals surface area (Å²) in [5, 5.41) is 9.37. The molecule has 1 aromatic rings. The standard InChI is InChI=1S/C10H14N4O2/c11-13-9-8(2-1-4-12-9)10(16)14-5-3-7(15)6-14/h1-2,4,7,15H,3,5-6,11H2,(H,12,13). The molecule has 1 saturated heterocycles. The van der Waals surface area contributed by atoms with Crippen molar-refractivity contribution in [1.29, 1.82) is 0 Å². The number of β-amino-alcohol motifs (C(OH)–C–C–N with tert-alkyl or cyclic N) is 1. The Hall–Kier alpha value is -1.66. The molecule has 0 bridgehead atoms. The summed E-state index contributed by atoms with van der Waals surface area (Å²) in [6.07, 6.45) is 1.76. The van der Waals surface area contributed by atoms with Crippen molar-refractivity contribution < 1.29 is 9.90 Å². The molecule has 0 radical (unpaired) electrons. The number of hydrogen-bond donors (Lipinski definition) is 3. The summed E-state index contributed by atoms with van der Waals surface area (Å²) >= 11 is 0. The highest BCUT2D eigenvalue weighted by molar-refractivity contribution is 5.98. The van der Waals surface area contributed by atoms with E-state index >= 15 is 0 Å². The van der Waals surface area contributed by atoms with Crippen LogP contribution in [-0.4, -0.2) is 40.1 Å². The van der Waals surface area contributed by atoms with Crippen molar-refractivity contribution in [2.75, 3.05) is 18.5 Å². The summed E-state index contributed by atoms with van der Waals surface area (Å²) in [5.74, 6) is 5.48. The first-order chi connectivity index (χ1) is 7.72. The molecule has 0 aromatic carbocycles. The number of rotatable bonds is 2. The highest BCUT2D eigenvalue weighted by Gasteiger charge is 2.26. The average Bonchev–Trinajstić information content (AvgIpc) is 2.75. The summed E-state index contributed by atoms with van der Waals surface area (Å²) in [6.45, 7) is 0.941. The molecule has 2 rings (SSSR count). The average molecular weight is 222 g/mol. The van der Waals surface area contributed by atoms with Crippen LogP contribution in [-0.2, 0) is 0 Å². The Kier molecular flexibility index (Phi) is 3.02. The number of hydrogen-bond acceptors (Lipinski definition) is 5. The van der Waals surface area contributed by atoms with Crippen LogP contribution >= 0.6 is 0 Å². The maximum atomic E-state index is 12.1. The Morgan fingerprint density at radius 2 is 2.50 bits per heavy atom. The molecule has 86 valence electrons. The molecular formula is C10H14N4O2. The lowest BCUT2D eigenvalue weighted by Gasteiger charge is -2.16. The molecule has 1 aromatic heterocycles. The van der Waals surface area contributed by atoms with E-state index in [2.05, 4.69) is 10.4 Å². The van der Waals surface area contributed by atoms with E-state index in [1.807, 2.05) is 0 Å². The second kappa shape index (κ2) is 4.46. The van der Waals surface area contributed by atoms with Gasteiger partial charge < -0.3 is 15.4 Å². The molecular weight excluding hydrogens is 208 g/mol. The third-order valence-electron chi connectivity index (χ3n) is 2.63. The van der Waals surface area contributed by atoms with Crippen molar-refractivity contribution in [2.45, 2.75) is 12.5 Å². The van der Waals surface area contributed by atoms with Crippen LogP contribution in [0.4, 0.5) is 5.82 Å². The van der Waals surface area contributed by atoms with Gasteiger partial charge in [-0.25, -0.2) is 10.8 Å². The van der Waals surface area contributed by atoms with E-state index < -0.39 is 6.10 Å². The zero-order valence-electron chi connectivity index (χ0n) is 8.76. The van der Waals surface area contributed by atoms with Gasteiger partial charge in [-0.05, 0) is 18.6 Å². The van der Waals surface area contributed by atoms with Gasteiger partial charge >= 0.3 is 0 Å². The first-order valence-electron chi connectivity index (χ1n) is 5.11. The van der Waals surface area contributed by atoms with Crippen molar-refractivity contribution in [1.82, 2.24) is 9.88 Å². The molecule has 6 heteroatoms. The summed E-state index contributed by atoms with van der Waals surface area (Å²) in [4.78, 5) is 17.6. The van der Waals surface area contributed by atoms with Crippen LogP contribution in [0.5, 0.6) is 0 Å². The fraction of sp³-hybridized carbons (Fsp3) is 0.400. The van der Waals surface area contributed by atoms with Crippen LogP contribution in [0.15, 0.2) is 18.3 Å². The maximum Gasteiger partial charge on any atom is 0.257 e. The van der Waals surface area contributed by atoms with E-state index in [1.54, 1.807) is 23.2 Å². The van der Waals surface area contributed by atoms with E-state index in [-0.39, 0.29) is 5.91 Å².